The van der Waals surface area contributed by atoms with Crippen LogP contribution in [0.3, 0.4) is 0 Å². The van der Waals surface area contributed by atoms with Crippen molar-refractivity contribution in [2.24, 2.45) is 7.05 Å². The number of carbonyl (C=O) groups is 1. The third-order valence-corrected chi connectivity index (χ3v) is 7.30. The van der Waals surface area contributed by atoms with Gasteiger partial charge in [-0.05, 0) is 32.0 Å². The molecule has 0 atom stereocenters. The summed E-state index contributed by atoms with van der Waals surface area (Å²) in [4.78, 5) is 13.4. The zero-order valence-electron chi connectivity index (χ0n) is 15.8. The minimum Gasteiger partial charge on any atom is -0.351 e. The van der Waals surface area contributed by atoms with Crippen molar-refractivity contribution < 1.29 is 22.5 Å². The highest BCUT2D eigenvalue weighted by atomic mass is 32.2. The van der Waals surface area contributed by atoms with Crippen LogP contribution in [0.2, 0.25) is 0 Å². The Morgan fingerprint density at radius 2 is 1.81 bits per heavy atom. The topological polar surface area (TPSA) is 63.8 Å². The van der Waals surface area contributed by atoms with E-state index in [1.165, 1.54) is 22.5 Å². The number of aryl methyl sites for hydroxylation is 1. The first-order valence-corrected chi connectivity index (χ1v) is 10.4. The lowest BCUT2D eigenvalue weighted by Gasteiger charge is -2.31. The molecule has 0 aliphatic carbocycles. The number of nitrogens with one attached hydrogen (secondary N) is 1. The van der Waals surface area contributed by atoms with Gasteiger partial charge in [0.1, 0.15) is 17.3 Å². The summed E-state index contributed by atoms with van der Waals surface area (Å²) in [5.41, 5.74) is 2.70. The molecule has 1 N–H and O–H groups in total. The van der Waals surface area contributed by atoms with Gasteiger partial charge in [0.2, 0.25) is 15.8 Å². The fraction of sp³-hybridized carbons (Fsp3) is 0.421. The molecule has 2 aromatic rings. The molecular weight excluding hydrogens is 369 g/mol. The van der Waals surface area contributed by atoms with Crippen LogP contribution in [0.1, 0.15) is 21.7 Å². The molecule has 0 spiro atoms. The minimum atomic E-state index is -3.85. The predicted octanol–water partition coefficient (Wildman–Crippen LogP) is 0.553. The van der Waals surface area contributed by atoms with E-state index < -0.39 is 15.8 Å². The first-order chi connectivity index (χ1) is 12.7. The SMILES string of the molecule is Cc1cc(C(=O)C[NH+]2CCN(S(=O)(=O)c3ccccc3F)CC2)c(C)n1C. The lowest BCUT2D eigenvalue weighted by atomic mass is 10.1. The highest BCUT2D eigenvalue weighted by Gasteiger charge is 2.33. The van der Waals surface area contributed by atoms with Gasteiger partial charge < -0.3 is 9.47 Å². The van der Waals surface area contributed by atoms with E-state index in [0.717, 1.165) is 27.9 Å². The van der Waals surface area contributed by atoms with Crippen LogP contribution < -0.4 is 4.90 Å². The van der Waals surface area contributed by atoms with Crippen LogP contribution in [0.25, 0.3) is 0 Å². The Morgan fingerprint density at radius 1 is 1.19 bits per heavy atom. The van der Waals surface area contributed by atoms with E-state index in [2.05, 4.69) is 0 Å². The van der Waals surface area contributed by atoms with Crippen LogP contribution >= 0.6 is 0 Å². The van der Waals surface area contributed by atoms with E-state index in [-0.39, 0.29) is 23.8 Å². The summed E-state index contributed by atoms with van der Waals surface area (Å²) in [5, 5.41) is 0. The van der Waals surface area contributed by atoms with Gasteiger partial charge in [-0.15, -0.1) is 0 Å². The number of sulfonamides is 1. The summed E-state index contributed by atoms with van der Waals surface area (Å²) in [6.45, 7) is 5.79. The largest absolute Gasteiger partial charge is 0.351 e. The number of piperazine rings is 1. The monoisotopic (exact) mass is 394 g/mol. The summed E-state index contributed by atoms with van der Waals surface area (Å²) in [6, 6.07) is 7.32. The van der Waals surface area contributed by atoms with Crippen molar-refractivity contribution in [3.8, 4) is 0 Å². The number of nitrogens with zero attached hydrogens (tertiary/aromatic N) is 2. The van der Waals surface area contributed by atoms with Crippen molar-refractivity contribution >= 4 is 15.8 Å². The summed E-state index contributed by atoms with van der Waals surface area (Å²) in [7, 11) is -1.92. The standard InChI is InChI=1S/C19H24FN3O3S/c1-14-12-16(15(2)21(14)3)18(24)13-22-8-10-23(11-9-22)27(25,26)19-7-5-4-6-17(19)20/h4-7,12H,8-11,13H2,1-3H3/p+1. The van der Waals surface area contributed by atoms with Gasteiger partial charge in [0.15, 0.2) is 0 Å². The van der Waals surface area contributed by atoms with E-state index >= 15 is 0 Å². The number of hydrogen-bond acceptors (Lipinski definition) is 3. The van der Waals surface area contributed by atoms with Crippen molar-refractivity contribution in [3.05, 3.63) is 53.1 Å². The second-order valence-corrected chi connectivity index (χ2v) is 8.93. The number of aromatic nitrogens is 1. The molecule has 0 radical (unpaired) electrons. The molecule has 1 aliphatic heterocycles. The molecular formula is C19H25FN3O3S+. The first-order valence-electron chi connectivity index (χ1n) is 8.96. The van der Waals surface area contributed by atoms with Gasteiger partial charge >= 0.3 is 0 Å². The van der Waals surface area contributed by atoms with Crippen molar-refractivity contribution in [1.82, 2.24) is 8.87 Å². The normalized spacial score (nSPS) is 16.6. The number of halogens is 1. The van der Waals surface area contributed by atoms with E-state index in [0.29, 0.717) is 19.6 Å². The highest BCUT2D eigenvalue weighted by molar-refractivity contribution is 7.89. The predicted molar refractivity (Wildman–Crippen MR) is 99.9 cm³/mol. The lowest BCUT2D eigenvalue weighted by Crippen LogP contribution is -3.15. The van der Waals surface area contributed by atoms with Gasteiger partial charge in [0, 0.05) is 24.0 Å². The number of quaternary nitrogens is 1. The molecule has 0 bridgehead atoms. The second-order valence-electron chi connectivity index (χ2n) is 7.03. The average Bonchev–Trinajstić information content (AvgIpc) is 2.90. The zero-order valence-corrected chi connectivity index (χ0v) is 16.6. The van der Waals surface area contributed by atoms with Crippen molar-refractivity contribution in [3.63, 3.8) is 0 Å². The minimum absolute atomic E-state index is 0.0663. The molecule has 0 saturated carbocycles. The number of rotatable bonds is 5. The fourth-order valence-corrected chi connectivity index (χ4v) is 4.98. The van der Waals surface area contributed by atoms with Crippen LogP contribution in [0.15, 0.2) is 35.2 Å². The Kier molecular flexibility index (Phi) is 5.50. The van der Waals surface area contributed by atoms with E-state index in [9.17, 15) is 17.6 Å². The molecule has 27 heavy (non-hydrogen) atoms. The molecule has 1 aromatic heterocycles. The summed E-state index contributed by atoms with van der Waals surface area (Å²) in [6.07, 6.45) is 0. The van der Waals surface area contributed by atoms with Crippen molar-refractivity contribution in [2.75, 3.05) is 32.7 Å². The van der Waals surface area contributed by atoms with Gasteiger partial charge in [-0.1, -0.05) is 12.1 Å². The Balaban J connectivity index is 1.64. The Hall–Kier alpha value is -2.03. The lowest BCUT2D eigenvalue weighted by molar-refractivity contribution is -0.895. The molecule has 1 aliphatic rings. The maximum Gasteiger partial charge on any atom is 0.246 e. The molecule has 146 valence electrons. The fourth-order valence-electron chi connectivity index (χ4n) is 3.47. The van der Waals surface area contributed by atoms with Gasteiger partial charge in [-0.2, -0.15) is 4.31 Å². The van der Waals surface area contributed by atoms with Crippen LogP contribution in [-0.4, -0.2) is 55.8 Å². The zero-order chi connectivity index (χ0) is 19.8. The molecule has 8 heteroatoms. The number of carbonyl (C=O) groups excluding carboxylic acids is 1. The number of benzene rings is 1. The number of ketones is 1. The van der Waals surface area contributed by atoms with Crippen LogP contribution in [0.5, 0.6) is 0 Å². The Bertz CT molecular complexity index is 961. The molecule has 2 heterocycles. The Morgan fingerprint density at radius 3 is 2.37 bits per heavy atom. The third kappa shape index (κ3) is 3.83. The van der Waals surface area contributed by atoms with Crippen LogP contribution in [0.4, 0.5) is 4.39 Å². The molecule has 1 fully saturated rings. The summed E-state index contributed by atoms with van der Waals surface area (Å²) >= 11 is 0. The summed E-state index contributed by atoms with van der Waals surface area (Å²) in [5.74, 6) is -0.672. The van der Waals surface area contributed by atoms with Gasteiger partial charge in [-0.3, -0.25) is 4.79 Å². The maximum absolute atomic E-state index is 13.9. The Labute approximate surface area is 159 Å². The highest BCUT2D eigenvalue weighted by Crippen LogP contribution is 2.19. The molecule has 0 amide bonds. The van der Waals surface area contributed by atoms with Crippen molar-refractivity contribution in [2.45, 2.75) is 18.7 Å². The van der Waals surface area contributed by atoms with Gasteiger partial charge in [0.25, 0.3) is 0 Å². The molecule has 6 nitrogen and oxygen atoms in total. The van der Waals surface area contributed by atoms with E-state index in [1.807, 2.05) is 31.5 Å². The number of Topliss-reactive ketones (excluding diaryl/α,β-unsaturated/α-hetero) is 1. The maximum atomic E-state index is 13.9. The van der Waals surface area contributed by atoms with Crippen molar-refractivity contribution in [1.29, 1.82) is 0 Å². The number of hydrogen-bond donors (Lipinski definition) is 1. The third-order valence-electron chi connectivity index (χ3n) is 5.37. The molecule has 3 rings (SSSR count). The first kappa shape index (κ1) is 19.7. The average molecular weight is 394 g/mol. The smallest absolute Gasteiger partial charge is 0.246 e. The quantitative estimate of drug-likeness (QED) is 0.754. The summed E-state index contributed by atoms with van der Waals surface area (Å²) < 4.78 is 42.5. The van der Waals surface area contributed by atoms with Crippen LogP contribution in [0, 0.1) is 19.7 Å². The van der Waals surface area contributed by atoms with Gasteiger partial charge in [0.05, 0.1) is 26.2 Å². The van der Waals surface area contributed by atoms with E-state index in [4.69, 9.17) is 0 Å². The molecule has 1 saturated heterocycles. The van der Waals surface area contributed by atoms with Gasteiger partial charge in [-0.25, -0.2) is 12.8 Å². The van der Waals surface area contributed by atoms with E-state index in [1.54, 1.807) is 0 Å². The molecule has 0 unspecified atom stereocenters. The molecule has 1 aromatic carbocycles. The second kappa shape index (κ2) is 7.53. The van der Waals surface area contributed by atoms with Crippen LogP contribution in [-0.2, 0) is 17.1 Å².